The molecule has 12 heteroatoms. The van der Waals surface area contributed by atoms with Crippen LogP contribution < -0.4 is 16.4 Å². The van der Waals surface area contributed by atoms with Crippen molar-refractivity contribution < 1.29 is 18.4 Å². The second-order valence-electron chi connectivity index (χ2n) is 4.75. The van der Waals surface area contributed by atoms with Crippen molar-refractivity contribution in [2.24, 2.45) is 5.73 Å². The Morgan fingerprint density at radius 3 is 2.64 bits per heavy atom. The van der Waals surface area contributed by atoms with E-state index in [1.54, 1.807) is 0 Å². The summed E-state index contributed by atoms with van der Waals surface area (Å²) in [5.74, 6) is -3.43. The molecule has 128 valence electrons. The van der Waals surface area contributed by atoms with Crippen LogP contribution in [0.25, 0.3) is 11.2 Å². The number of carbonyl (C=O) groups is 2. The van der Waals surface area contributed by atoms with Crippen molar-refractivity contribution in [2.75, 3.05) is 10.6 Å². The lowest BCUT2D eigenvalue weighted by Gasteiger charge is -2.10. The summed E-state index contributed by atoms with van der Waals surface area (Å²) in [5.41, 5.74) is 4.25. The van der Waals surface area contributed by atoms with Crippen LogP contribution in [0.3, 0.4) is 0 Å². The molecule has 9 nitrogen and oxygen atoms in total. The van der Waals surface area contributed by atoms with Crippen LogP contribution in [0.4, 0.5) is 25.1 Å². The van der Waals surface area contributed by atoms with Crippen molar-refractivity contribution in [3.63, 3.8) is 0 Å². The van der Waals surface area contributed by atoms with Crippen LogP contribution in [0.2, 0.25) is 0 Å². The first-order chi connectivity index (χ1) is 11.9. The molecule has 0 aliphatic carbocycles. The zero-order valence-corrected chi connectivity index (χ0v) is 13.0. The number of anilines is 2. The summed E-state index contributed by atoms with van der Waals surface area (Å²) < 4.78 is 28.1. The van der Waals surface area contributed by atoms with Crippen molar-refractivity contribution in [1.29, 1.82) is 0 Å². The van der Waals surface area contributed by atoms with Crippen LogP contribution >= 0.6 is 12.2 Å². The molecular formula is C13H9F2N7O2S. The molecule has 2 heterocycles. The number of hydrogen-bond donors (Lipinski definition) is 5. The van der Waals surface area contributed by atoms with Crippen molar-refractivity contribution in [1.82, 2.24) is 19.9 Å². The number of hydrogen-bond acceptors (Lipinski definition) is 5. The highest BCUT2D eigenvalue weighted by molar-refractivity contribution is 7.71. The molecule has 3 amide bonds. The normalized spacial score (nSPS) is 10.6. The number of urea groups is 1. The van der Waals surface area contributed by atoms with Crippen LogP contribution in [0, 0.1) is 16.4 Å². The van der Waals surface area contributed by atoms with Crippen LogP contribution in [0.5, 0.6) is 0 Å². The molecule has 0 saturated carbocycles. The fourth-order valence-corrected chi connectivity index (χ4v) is 2.25. The molecule has 0 fully saturated rings. The van der Waals surface area contributed by atoms with Crippen molar-refractivity contribution in [3.05, 3.63) is 40.4 Å². The minimum absolute atomic E-state index is 0.0294. The van der Waals surface area contributed by atoms with Crippen LogP contribution in [-0.2, 0) is 0 Å². The zero-order valence-electron chi connectivity index (χ0n) is 12.2. The number of nitrogens with one attached hydrogen (secondary N) is 4. The van der Waals surface area contributed by atoms with E-state index in [-0.39, 0.29) is 10.6 Å². The third-order valence-electron chi connectivity index (χ3n) is 3.14. The number of aromatic nitrogens is 4. The van der Waals surface area contributed by atoms with Gasteiger partial charge < -0.3 is 21.0 Å². The van der Waals surface area contributed by atoms with Gasteiger partial charge in [-0.1, -0.05) is 0 Å². The van der Waals surface area contributed by atoms with E-state index >= 15 is 0 Å². The Morgan fingerprint density at radius 1 is 1.16 bits per heavy atom. The summed E-state index contributed by atoms with van der Waals surface area (Å²) in [6, 6.07) is 0.689. The van der Waals surface area contributed by atoms with E-state index in [0.29, 0.717) is 11.2 Å². The van der Waals surface area contributed by atoms with Crippen molar-refractivity contribution in [2.45, 2.75) is 0 Å². The number of amides is 3. The Kier molecular flexibility index (Phi) is 4.10. The summed E-state index contributed by atoms with van der Waals surface area (Å²) in [4.78, 5) is 36.3. The maximum atomic E-state index is 14.1. The van der Waals surface area contributed by atoms with Gasteiger partial charge in [0.2, 0.25) is 0 Å². The molecular weight excluding hydrogens is 356 g/mol. The maximum absolute atomic E-state index is 14.1. The Hall–Kier alpha value is -3.41. The van der Waals surface area contributed by atoms with Gasteiger partial charge in [0, 0.05) is 0 Å². The van der Waals surface area contributed by atoms with Gasteiger partial charge in [-0.2, -0.15) is 0 Å². The Balaban J connectivity index is 1.89. The highest BCUT2D eigenvalue weighted by atomic mass is 32.1. The number of benzene rings is 1. The fourth-order valence-electron chi connectivity index (χ4n) is 2.06. The van der Waals surface area contributed by atoms with Crippen molar-refractivity contribution >= 4 is 46.8 Å². The highest BCUT2D eigenvalue weighted by Crippen LogP contribution is 2.23. The Morgan fingerprint density at radius 2 is 1.92 bits per heavy atom. The summed E-state index contributed by atoms with van der Waals surface area (Å²) >= 11 is 4.91. The molecule has 0 aliphatic heterocycles. The topological polar surface area (TPSA) is 142 Å². The van der Waals surface area contributed by atoms with E-state index in [4.69, 9.17) is 18.0 Å². The number of fused-ring (bicyclic) bond motifs is 1. The molecule has 0 unspecified atom stereocenters. The minimum atomic E-state index is -1.28. The van der Waals surface area contributed by atoms with E-state index in [1.165, 1.54) is 0 Å². The molecule has 0 spiro atoms. The third kappa shape index (κ3) is 3.14. The van der Waals surface area contributed by atoms with Gasteiger partial charge in [-0.15, -0.1) is 0 Å². The first-order valence-corrected chi connectivity index (χ1v) is 7.06. The predicted octanol–water partition coefficient (Wildman–Crippen LogP) is 2.04. The number of imidazole rings is 1. The van der Waals surface area contributed by atoms with Gasteiger partial charge in [0.1, 0.15) is 23.3 Å². The summed E-state index contributed by atoms with van der Waals surface area (Å²) in [6.07, 6.45) is 1.16. The van der Waals surface area contributed by atoms with Crippen LogP contribution in [-0.4, -0.2) is 31.9 Å². The molecule has 1 aromatic carbocycles. The van der Waals surface area contributed by atoms with E-state index in [9.17, 15) is 18.4 Å². The molecule has 6 N–H and O–H groups in total. The number of carbonyl (C=O) groups excluding carboxylic acids is 2. The molecule has 3 aromatic rings. The predicted molar refractivity (Wildman–Crippen MR) is 86.6 cm³/mol. The average molecular weight is 365 g/mol. The standard InChI is InChI=1S/C13H9F2N7O2S/c14-5-2-1-4(9(16)23)6(15)7(5)19-12(24)21-10-8-11(18-3-17-10)22-13(25)20-8/h1-3H,(H2,16,23)(H4,17,18,19,20,21,22,24,25). The first kappa shape index (κ1) is 16.4. The summed E-state index contributed by atoms with van der Waals surface area (Å²) in [5, 5.41) is 4.28. The minimum Gasteiger partial charge on any atom is -0.366 e. The monoisotopic (exact) mass is 365 g/mol. The molecule has 3 rings (SSSR count). The second-order valence-corrected chi connectivity index (χ2v) is 5.16. The van der Waals surface area contributed by atoms with Gasteiger partial charge in [-0.05, 0) is 24.4 Å². The molecule has 0 radical (unpaired) electrons. The lowest BCUT2D eigenvalue weighted by atomic mass is 10.1. The number of H-pyrrole nitrogens is 2. The third-order valence-corrected chi connectivity index (χ3v) is 3.35. The highest BCUT2D eigenvalue weighted by Gasteiger charge is 2.19. The SMILES string of the molecule is NC(=O)c1ccc(F)c(NC(=O)Nc2ncnc3[nH]c(=S)[nH]c23)c1F. The lowest BCUT2D eigenvalue weighted by molar-refractivity contribution is 0.0996. The first-order valence-electron chi connectivity index (χ1n) is 6.65. The van der Waals surface area contributed by atoms with Gasteiger partial charge in [0.25, 0.3) is 5.91 Å². The number of aromatic amines is 2. The number of rotatable bonds is 3. The molecule has 0 atom stereocenters. The number of nitrogens with zero attached hydrogens (tertiary/aromatic N) is 2. The lowest BCUT2D eigenvalue weighted by Crippen LogP contribution is -2.23. The average Bonchev–Trinajstić information content (AvgIpc) is 2.92. The number of primary amides is 1. The number of halogens is 2. The molecule has 0 bridgehead atoms. The Bertz CT molecular complexity index is 1060. The second kappa shape index (κ2) is 6.24. The maximum Gasteiger partial charge on any atom is 0.325 e. The molecule has 0 aliphatic rings. The largest absolute Gasteiger partial charge is 0.366 e. The fraction of sp³-hybridized carbons (Fsp3) is 0. The quantitative estimate of drug-likeness (QED) is 0.452. The summed E-state index contributed by atoms with van der Waals surface area (Å²) in [7, 11) is 0. The van der Waals surface area contributed by atoms with E-state index in [2.05, 4.69) is 25.3 Å². The van der Waals surface area contributed by atoms with Gasteiger partial charge in [0.05, 0.1) is 5.56 Å². The van der Waals surface area contributed by atoms with Gasteiger partial charge >= 0.3 is 6.03 Å². The van der Waals surface area contributed by atoms with E-state index < -0.39 is 34.8 Å². The van der Waals surface area contributed by atoms with E-state index in [1.807, 2.05) is 5.32 Å². The van der Waals surface area contributed by atoms with Gasteiger partial charge in [0.15, 0.2) is 22.1 Å². The van der Waals surface area contributed by atoms with Crippen molar-refractivity contribution in [3.8, 4) is 0 Å². The van der Waals surface area contributed by atoms with Gasteiger partial charge in [-0.25, -0.2) is 23.5 Å². The molecule has 2 aromatic heterocycles. The van der Waals surface area contributed by atoms with Gasteiger partial charge in [-0.3, -0.25) is 10.1 Å². The number of nitrogens with two attached hydrogens (primary N) is 1. The smallest absolute Gasteiger partial charge is 0.325 e. The molecule has 25 heavy (non-hydrogen) atoms. The summed E-state index contributed by atoms with van der Waals surface area (Å²) in [6.45, 7) is 0. The molecule has 0 saturated heterocycles. The van der Waals surface area contributed by atoms with Crippen LogP contribution in [0.1, 0.15) is 10.4 Å². The van der Waals surface area contributed by atoms with Crippen LogP contribution in [0.15, 0.2) is 18.5 Å². The van der Waals surface area contributed by atoms with E-state index in [0.717, 1.165) is 18.5 Å². The Labute approximate surface area is 142 Å². The zero-order chi connectivity index (χ0) is 18.1.